The first-order valence-corrected chi connectivity index (χ1v) is 10.1. The zero-order chi connectivity index (χ0) is 21.5. The molecule has 1 atom stereocenters. The number of carbonyl (C=O) groups is 1. The van der Waals surface area contributed by atoms with E-state index >= 15 is 0 Å². The van der Waals surface area contributed by atoms with Gasteiger partial charge in [0, 0.05) is 37.8 Å². The normalized spacial score (nSPS) is 16.8. The van der Waals surface area contributed by atoms with Crippen molar-refractivity contribution in [1.82, 2.24) is 10.2 Å². The maximum atomic E-state index is 12.5. The van der Waals surface area contributed by atoms with Crippen LogP contribution < -0.4 is 10.1 Å². The van der Waals surface area contributed by atoms with Crippen molar-refractivity contribution in [3.8, 4) is 5.75 Å². The lowest BCUT2D eigenvalue weighted by molar-refractivity contribution is -0.385. The van der Waals surface area contributed by atoms with Crippen LogP contribution in [0.15, 0.2) is 42.5 Å². The summed E-state index contributed by atoms with van der Waals surface area (Å²) in [6.07, 6.45) is 0.236. The van der Waals surface area contributed by atoms with Gasteiger partial charge in [0.1, 0.15) is 0 Å². The Morgan fingerprint density at radius 1 is 1.30 bits per heavy atom. The molecular formula is C22H27N3O5. The van der Waals surface area contributed by atoms with Crippen molar-refractivity contribution in [1.29, 1.82) is 0 Å². The van der Waals surface area contributed by atoms with E-state index in [1.165, 1.54) is 23.8 Å². The highest BCUT2D eigenvalue weighted by molar-refractivity contribution is 5.95. The second-order valence-corrected chi connectivity index (χ2v) is 7.29. The maximum Gasteiger partial charge on any atom is 0.311 e. The summed E-state index contributed by atoms with van der Waals surface area (Å²) >= 11 is 0. The lowest BCUT2D eigenvalue weighted by Gasteiger charge is -2.31. The van der Waals surface area contributed by atoms with E-state index in [1.807, 2.05) is 12.1 Å². The van der Waals surface area contributed by atoms with Crippen molar-refractivity contribution in [2.75, 3.05) is 26.3 Å². The van der Waals surface area contributed by atoms with Gasteiger partial charge in [-0.25, -0.2) is 0 Å². The van der Waals surface area contributed by atoms with E-state index in [1.54, 1.807) is 6.92 Å². The van der Waals surface area contributed by atoms with Crippen LogP contribution >= 0.6 is 0 Å². The van der Waals surface area contributed by atoms with Crippen molar-refractivity contribution in [3.63, 3.8) is 0 Å². The Morgan fingerprint density at radius 2 is 2.10 bits per heavy atom. The van der Waals surface area contributed by atoms with E-state index < -0.39 is 4.92 Å². The van der Waals surface area contributed by atoms with Gasteiger partial charge in [-0.3, -0.25) is 19.8 Å². The summed E-state index contributed by atoms with van der Waals surface area (Å²) in [7, 11) is 0. The highest BCUT2D eigenvalue weighted by Crippen LogP contribution is 2.28. The summed E-state index contributed by atoms with van der Waals surface area (Å²) in [5.74, 6) is -0.210. The molecule has 1 aliphatic heterocycles. The third-order valence-corrected chi connectivity index (χ3v) is 4.89. The third-order valence-electron chi connectivity index (χ3n) is 4.89. The highest BCUT2D eigenvalue weighted by atomic mass is 16.6. The molecule has 1 aliphatic rings. The molecule has 0 spiro atoms. The fraction of sp³-hybridized carbons (Fsp3) is 0.409. The smallest absolute Gasteiger partial charge is 0.311 e. The Bertz CT molecular complexity index is 902. The molecule has 2 aromatic rings. The molecule has 0 bridgehead atoms. The molecule has 1 unspecified atom stereocenters. The number of benzene rings is 2. The summed E-state index contributed by atoms with van der Waals surface area (Å²) in [4.78, 5) is 25.6. The fourth-order valence-electron chi connectivity index (χ4n) is 3.49. The molecule has 160 valence electrons. The molecule has 2 aromatic carbocycles. The van der Waals surface area contributed by atoms with Crippen molar-refractivity contribution in [2.45, 2.75) is 33.0 Å². The zero-order valence-electron chi connectivity index (χ0n) is 17.3. The first kappa shape index (κ1) is 21.7. The van der Waals surface area contributed by atoms with Crippen molar-refractivity contribution >= 4 is 11.6 Å². The number of nitro groups is 1. The van der Waals surface area contributed by atoms with Gasteiger partial charge in [-0.1, -0.05) is 24.3 Å². The van der Waals surface area contributed by atoms with Crippen LogP contribution in [0.25, 0.3) is 0 Å². The van der Waals surface area contributed by atoms with E-state index in [4.69, 9.17) is 9.47 Å². The summed E-state index contributed by atoms with van der Waals surface area (Å²) in [6.45, 7) is 7.85. The maximum absolute atomic E-state index is 12.5. The van der Waals surface area contributed by atoms with E-state index in [9.17, 15) is 14.9 Å². The molecule has 1 N–H and O–H groups in total. The van der Waals surface area contributed by atoms with Gasteiger partial charge >= 0.3 is 5.69 Å². The summed E-state index contributed by atoms with van der Waals surface area (Å²) in [5.41, 5.74) is 2.16. The molecule has 1 heterocycles. The number of rotatable bonds is 8. The Labute approximate surface area is 175 Å². The first-order chi connectivity index (χ1) is 14.5. The average molecular weight is 413 g/mol. The van der Waals surface area contributed by atoms with E-state index in [0.29, 0.717) is 13.2 Å². The quantitative estimate of drug-likeness (QED) is 0.528. The molecular weight excluding hydrogens is 386 g/mol. The van der Waals surface area contributed by atoms with Crippen molar-refractivity contribution in [3.05, 3.63) is 69.3 Å². The van der Waals surface area contributed by atoms with Crippen LogP contribution in [0.1, 0.15) is 35.3 Å². The molecule has 1 saturated heterocycles. The second-order valence-electron chi connectivity index (χ2n) is 7.29. The van der Waals surface area contributed by atoms with Gasteiger partial charge in [-0.05, 0) is 37.1 Å². The number of nitrogens with one attached hydrogen (secondary N) is 1. The molecule has 1 fully saturated rings. The third kappa shape index (κ3) is 5.77. The average Bonchev–Trinajstić information content (AvgIpc) is 2.72. The van der Waals surface area contributed by atoms with E-state index in [2.05, 4.69) is 29.3 Å². The Kier molecular flexibility index (Phi) is 7.37. The first-order valence-electron chi connectivity index (χ1n) is 10.1. The summed E-state index contributed by atoms with van der Waals surface area (Å²) in [6, 6.07) is 12.3. The van der Waals surface area contributed by atoms with Gasteiger partial charge in [-0.15, -0.1) is 0 Å². The molecule has 0 saturated carbocycles. The second kappa shape index (κ2) is 10.2. The number of ether oxygens (including phenoxy) is 2. The number of carbonyl (C=O) groups excluding carboxylic acids is 1. The number of nitrogens with zero attached hydrogens (tertiary/aromatic N) is 2. The summed E-state index contributed by atoms with van der Waals surface area (Å²) < 4.78 is 10.8. The Hall–Kier alpha value is -2.97. The largest absolute Gasteiger partial charge is 0.487 e. The van der Waals surface area contributed by atoms with Gasteiger partial charge in [0.25, 0.3) is 5.91 Å². The zero-order valence-corrected chi connectivity index (χ0v) is 17.3. The number of hydrogen-bond acceptors (Lipinski definition) is 6. The predicted molar refractivity (Wildman–Crippen MR) is 113 cm³/mol. The van der Waals surface area contributed by atoms with E-state index in [0.717, 1.165) is 31.8 Å². The van der Waals surface area contributed by atoms with Crippen LogP contribution in [-0.4, -0.2) is 48.1 Å². The number of hydrogen-bond donors (Lipinski definition) is 1. The molecule has 8 heteroatoms. The monoisotopic (exact) mass is 413 g/mol. The van der Waals surface area contributed by atoms with Gasteiger partial charge in [0.2, 0.25) is 0 Å². The van der Waals surface area contributed by atoms with Crippen LogP contribution in [-0.2, 0) is 17.8 Å². The summed E-state index contributed by atoms with van der Waals surface area (Å²) in [5, 5.41) is 14.1. The minimum Gasteiger partial charge on any atom is -0.487 e. The topological polar surface area (TPSA) is 93.9 Å². The van der Waals surface area contributed by atoms with Gasteiger partial charge in [-0.2, -0.15) is 0 Å². The van der Waals surface area contributed by atoms with Crippen molar-refractivity contribution < 1.29 is 19.2 Å². The molecule has 30 heavy (non-hydrogen) atoms. The van der Waals surface area contributed by atoms with E-state index in [-0.39, 0.29) is 29.0 Å². The SMILES string of the molecule is CCOc1ccc(C(=O)NCc2cccc(CN3CCOC(C)C3)c2)cc1[N+](=O)[O-]. The van der Waals surface area contributed by atoms with Crippen LogP contribution in [0.5, 0.6) is 5.75 Å². The predicted octanol–water partition coefficient (Wildman–Crippen LogP) is 3.14. The fourth-order valence-corrected chi connectivity index (χ4v) is 3.49. The molecule has 1 amide bonds. The van der Waals surface area contributed by atoms with Crippen molar-refractivity contribution in [2.24, 2.45) is 0 Å². The number of nitro benzene ring substituents is 1. The van der Waals surface area contributed by atoms with Crippen LogP contribution in [0, 0.1) is 10.1 Å². The molecule has 0 aromatic heterocycles. The van der Waals surface area contributed by atoms with Gasteiger partial charge in [0.15, 0.2) is 5.75 Å². The molecule has 8 nitrogen and oxygen atoms in total. The standard InChI is InChI=1S/C22H27N3O5/c1-3-29-21-8-7-19(12-20(21)25(27)28)22(26)23-13-17-5-4-6-18(11-17)15-24-9-10-30-16(2)14-24/h4-8,11-12,16H,3,9-10,13-15H2,1-2H3,(H,23,26). The Morgan fingerprint density at radius 3 is 2.83 bits per heavy atom. The van der Waals surface area contributed by atoms with Gasteiger partial charge in [0.05, 0.1) is 24.2 Å². The molecule has 3 rings (SSSR count). The highest BCUT2D eigenvalue weighted by Gasteiger charge is 2.19. The number of morpholine rings is 1. The minimum atomic E-state index is -0.544. The van der Waals surface area contributed by atoms with Crippen LogP contribution in [0.4, 0.5) is 5.69 Å². The van der Waals surface area contributed by atoms with Crippen LogP contribution in [0.3, 0.4) is 0 Å². The van der Waals surface area contributed by atoms with Gasteiger partial charge < -0.3 is 14.8 Å². The lowest BCUT2D eigenvalue weighted by Crippen LogP contribution is -2.40. The minimum absolute atomic E-state index is 0.157. The molecule has 0 aliphatic carbocycles. The molecule has 0 radical (unpaired) electrons. The van der Waals surface area contributed by atoms with Crippen LogP contribution in [0.2, 0.25) is 0 Å². The lowest BCUT2D eigenvalue weighted by atomic mass is 10.1. The Balaban J connectivity index is 1.62. The number of amides is 1.